The number of nitrogens with zero attached hydrogens (tertiary/aromatic N) is 1. The third kappa shape index (κ3) is 2.52. The Kier molecular flexibility index (Phi) is 3.65. The number of ether oxygens (including phenoxy) is 1. The molecule has 4 atom stereocenters. The van der Waals surface area contributed by atoms with E-state index < -0.39 is 0 Å². The summed E-state index contributed by atoms with van der Waals surface area (Å²) >= 11 is 0. The van der Waals surface area contributed by atoms with E-state index in [1.165, 1.54) is 32.4 Å². The van der Waals surface area contributed by atoms with Crippen molar-refractivity contribution in [1.29, 1.82) is 0 Å². The minimum atomic E-state index is 0.385. The molecule has 0 radical (unpaired) electrons. The molecule has 2 saturated heterocycles. The molecule has 0 aromatic heterocycles. The van der Waals surface area contributed by atoms with Gasteiger partial charge in [0.25, 0.3) is 0 Å². The SMILES string of the molecule is CC1CCN(C(CN)C2CCC(C)O2)C1. The van der Waals surface area contributed by atoms with E-state index in [-0.39, 0.29) is 0 Å². The first kappa shape index (κ1) is 11.4. The first-order valence-electron chi connectivity index (χ1n) is 6.30. The number of likely N-dealkylation sites (tertiary alicyclic amines) is 1. The molecule has 2 fully saturated rings. The van der Waals surface area contributed by atoms with E-state index in [4.69, 9.17) is 10.5 Å². The average Bonchev–Trinajstić information content (AvgIpc) is 2.78. The molecule has 2 heterocycles. The van der Waals surface area contributed by atoms with E-state index in [0.29, 0.717) is 18.2 Å². The average molecular weight is 212 g/mol. The van der Waals surface area contributed by atoms with Crippen molar-refractivity contribution in [2.24, 2.45) is 11.7 Å². The number of rotatable bonds is 3. The Hall–Kier alpha value is -0.120. The zero-order valence-electron chi connectivity index (χ0n) is 9.98. The molecule has 0 aromatic carbocycles. The van der Waals surface area contributed by atoms with E-state index >= 15 is 0 Å². The summed E-state index contributed by atoms with van der Waals surface area (Å²) in [6.07, 6.45) is 4.52. The Labute approximate surface area is 93.0 Å². The molecule has 0 saturated carbocycles. The predicted molar refractivity (Wildman–Crippen MR) is 61.8 cm³/mol. The summed E-state index contributed by atoms with van der Waals surface area (Å²) in [6, 6.07) is 0.458. The monoisotopic (exact) mass is 212 g/mol. The van der Waals surface area contributed by atoms with Crippen LogP contribution >= 0.6 is 0 Å². The van der Waals surface area contributed by atoms with Gasteiger partial charge in [-0.3, -0.25) is 4.90 Å². The van der Waals surface area contributed by atoms with Crippen LogP contribution in [0.3, 0.4) is 0 Å². The fourth-order valence-corrected chi connectivity index (χ4v) is 2.92. The summed E-state index contributed by atoms with van der Waals surface area (Å²) in [4.78, 5) is 2.54. The van der Waals surface area contributed by atoms with Crippen LogP contribution in [0.4, 0.5) is 0 Å². The maximum atomic E-state index is 5.94. The molecule has 15 heavy (non-hydrogen) atoms. The van der Waals surface area contributed by atoms with Crippen LogP contribution in [0.15, 0.2) is 0 Å². The second-order valence-electron chi connectivity index (χ2n) is 5.25. The quantitative estimate of drug-likeness (QED) is 0.764. The number of hydrogen-bond donors (Lipinski definition) is 1. The van der Waals surface area contributed by atoms with Crippen molar-refractivity contribution in [1.82, 2.24) is 4.90 Å². The van der Waals surface area contributed by atoms with Crippen LogP contribution in [-0.4, -0.2) is 42.8 Å². The summed E-state index contributed by atoms with van der Waals surface area (Å²) in [7, 11) is 0. The van der Waals surface area contributed by atoms with Crippen LogP contribution in [0.25, 0.3) is 0 Å². The third-order valence-corrected chi connectivity index (χ3v) is 3.86. The Morgan fingerprint density at radius 3 is 2.60 bits per heavy atom. The van der Waals surface area contributed by atoms with Crippen molar-refractivity contribution in [3.05, 3.63) is 0 Å². The maximum absolute atomic E-state index is 5.94. The molecule has 0 aromatic rings. The van der Waals surface area contributed by atoms with E-state index in [1.54, 1.807) is 0 Å². The molecule has 0 amide bonds. The highest BCUT2D eigenvalue weighted by Gasteiger charge is 2.34. The first-order valence-corrected chi connectivity index (χ1v) is 6.30. The predicted octanol–water partition coefficient (Wildman–Crippen LogP) is 1.22. The molecule has 0 spiro atoms. The van der Waals surface area contributed by atoms with Gasteiger partial charge in [-0.1, -0.05) is 6.92 Å². The maximum Gasteiger partial charge on any atom is 0.0747 e. The zero-order chi connectivity index (χ0) is 10.8. The van der Waals surface area contributed by atoms with E-state index in [2.05, 4.69) is 18.7 Å². The van der Waals surface area contributed by atoms with Gasteiger partial charge in [-0.2, -0.15) is 0 Å². The Balaban J connectivity index is 1.92. The summed E-state index contributed by atoms with van der Waals surface area (Å²) < 4.78 is 5.94. The fourth-order valence-electron chi connectivity index (χ4n) is 2.92. The molecule has 3 nitrogen and oxygen atoms in total. The molecule has 0 bridgehead atoms. The van der Waals surface area contributed by atoms with Crippen LogP contribution < -0.4 is 5.73 Å². The van der Waals surface area contributed by atoms with E-state index in [0.717, 1.165) is 12.5 Å². The topological polar surface area (TPSA) is 38.5 Å². The van der Waals surface area contributed by atoms with Crippen molar-refractivity contribution in [2.45, 2.75) is 51.4 Å². The molecule has 88 valence electrons. The van der Waals surface area contributed by atoms with Crippen molar-refractivity contribution in [3.63, 3.8) is 0 Å². The van der Waals surface area contributed by atoms with Crippen molar-refractivity contribution in [3.8, 4) is 0 Å². The van der Waals surface area contributed by atoms with Crippen molar-refractivity contribution < 1.29 is 4.74 Å². The molecule has 2 aliphatic rings. The first-order chi connectivity index (χ1) is 7.20. The van der Waals surface area contributed by atoms with Gasteiger partial charge in [0.05, 0.1) is 12.2 Å². The Bertz CT molecular complexity index is 190. The molecular weight excluding hydrogens is 188 g/mol. The lowest BCUT2D eigenvalue weighted by Gasteiger charge is -2.31. The third-order valence-electron chi connectivity index (χ3n) is 3.86. The summed E-state index contributed by atoms with van der Waals surface area (Å²) in [6.45, 7) is 7.64. The highest BCUT2D eigenvalue weighted by atomic mass is 16.5. The normalized spacial score (nSPS) is 39.8. The molecular formula is C12H24N2O. The van der Waals surface area contributed by atoms with Gasteiger partial charge in [-0.05, 0) is 38.6 Å². The van der Waals surface area contributed by atoms with Gasteiger partial charge in [0.1, 0.15) is 0 Å². The minimum absolute atomic E-state index is 0.385. The van der Waals surface area contributed by atoms with Crippen LogP contribution in [0.2, 0.25) is 0 Å². The van der Waals surface area contributed by atoms with E-state index in [1.807, 2.05) is 0 Å². The molecule has 2 aliphatic heterocycles. The van der Waals surface area contributed by atoms with Gasteiger partial charge >= 0.3 is 0 Å². The standard InChI is InChI=1S/C12H24N2O/c1-9-5-6-14(8-9)11(7-13)12-4-3-10(2)15-12/h9-12H,3-8,13H2,1-2H3. The molecule has 2 rings (SSSR count). The summed E-state index contributed by atoms with van der Waals surface area (Å²) in [5.41, 5.74) is 5.90. The van der Waals surface area contributed by atoms with Gasteiger partial charge in [0, 0.05) is 19.1 Å². The van der Waals surface area contributed by atoms with Crippen LogP contribution in [0, 0.1) is 5.92 Å². The van der Waals surface area contributed by atoms with Crippen LogP contribution in [-0.2, 0) is 4.74 Å². The lowest BCUT2D eigenvalue weighted by Crippen LogP contribution is -2.47. The molecule has 0 aliphatic carbocycles. The molecule has 3 heteroatoms. The smallest absolute Gasteiger partial charge is 0.0747 e. The van der Waals surface area contributed by atoms with Crippen LogP contribution in [0.1, 0.15) is 33.1 Å². The summed E-state index contributed by atoms with van der Waals surface area (Å²) in [5, 5.41) is 0. The van der Waals surface area contributed by atoms with Crippen LogP contribution in [0.5, 0.6) is 0 Å². The van der Waals surface area contributed by atoms with Gasteiger partial charge in [-0.15, -0.1) is 0 Å². The van der Waals surface area contributed by atoms with Gasteiger partial charge in [-0.25, -0.2) is 0 Å². The van der Waals surface area contributed by atoms with Crippen molar-refractivity contribution >= 4 is 0 Å². The lowest BCUT2D eigenvalue weighted by atomic mass is 10.1. The molecule has 2 N–H and O–H groups in total. The lowest BCUT2D eigenvalue weighted by molar-refractivity contribution is 0.00139. The fraction of sp³-hybridized carbons (Fsp3) is 1.00. The number of hydrogen-bond acceptors (Lipinski definition) is 3. The van der Waals surface area contributed by atoms with E-state index in [9.17, 15) is 0 Å². The molecule has 4 unspecified atom stereocenters. The minimum Gasteiger partial charge on any atom is -0.374 e. The Morgan fingerprint density at radius 1 is 1.33 bits per heavy atom. The van der Waals surface area contributed by atoms with Gasteiger partial charge in [0.15, 0.2) is 0 Å². The van der Waals surface area contributed by atoms with Crippen molar-refractivity contribution in [2.75, 3.05) is 19.6 Å². The highest BCUT2D eigenvalue weighted by Crippen LogP contribution is 2.27. The Morgan fingerprint density at radius 2 is 2.13 bits per heavy atom. The second-order valence-corrected chi connectivity index (χ2v) is 5.25. The van der Waals surface area contributed by atoms with Gasteiger partial charge < -0.3 is 10.5 Å². The number of nitrogens with two attached hydrogens (primary N) is 1. The zero-order valence-corrected chi connectivity index (χ0v) is 9.98. The highest BCUT2D eigenvalue weighted by molar-refractivity contribution is 4.88. The second kappa shape index (κ2) is 4.81. The van der Waals surface area contributed by atoms with Gasteiger partial charge in [0.2, 0.25) is 0 Å². The summed E-state index contributed by atoms with van der Waals surface area (Å²) in [5.74, 6) is 0.831. The largest absolute Gasteiger partial charge is 0.374 e.